The Hall–Kier alpha value is -3.56. The predicted octanol–water partition coefficient (Wildman–Crippen LogP) is 5.42. The summed E-state index contributed by atoms with van der Waals surface area (Å²) in [5.74, 6) is 0.198. The van der Waals surface area contributed by atoms with E-state index in [1.807, 2.05) is 65.8 Å². The van der Waals surface area contributed by atoms with Crippen LogP contribution < -0.4 is 5.48 Å². The van der Waals surface area contributed by atoms with Crippen LogP contribution in [0.15, 0.2) is 58.0 Å². The highest BCUT2D eigenvalue weighted by molar-refractivity contribution is 5.94. The number of benzene rings is 2. The summed E-state index contributed by atoms with van der Waals surface area (Å²) >= 11 is 0. The smallest absolute Gasteiger partial charge is 0.234 e. The van der Waals surface area contributed by atoms with Crippen molar-refractivity contribution in [3.8, 4) is 11.1 Å². The fraction of sp³-hybridized carbons (Fsp3) is 0.452. The Morgan fingerprint density at radius 2 is 1.85 bits per heavy atom. The number of amidine groups is 1. The van der Waals surface area contributed by atoms with Crippen LogP contribution in [0.1, 0.15) is 75.5 Å². The molecule has 1 unspecified atom stereocenters. The Kier molecular flexibility index (Phi) is 7.54. The van der Waals surface area contributed by atoms with Crippen molar-refractivity contribution in [1.29, 1.82) is 0 Å². The summed E-state index contributed by atoms with van der Waals surface area (Å²) in [6.07, 6.45) is -0.360. The lowest BCUT2D eigenvalue weighted by Crippen LogP contribution is -2.46. The molecule has 212 valence electrons. The molecule has 1 saturated heterocycles. The van der Waals surface area contributed by atoms with E-state index in [0.717, 1.165) is 22.4 Å². The number of aromatic nitrogens is 1. The molecule has 8 nitrogen and oxygen atoms in total. The van der Waals surface area contributed by atoms with Crippen LogP contribution in [-0.2, 0) is 15.4 Å². The Morgan fingerprint density at radius 3 is 2.48 bits per heavy atom. The number of carbonyl (C=O) groups excluding carboxylic acids is 1. The van der Waals surface area contributed by atoms with Gasteiger partial charge in [0.1, 0.15) is 17.6 Å². The maximum atomic E-state index is 14.3. The van der Waals surface area contributed by atoms with Gasteiger partial charge in [-0.3, -0.25) is 4.79 Å². The molecule has 40 heavy (non-hydrogen) atoms. The lowest BCUT2D eigenvalue weighted by molar-refractivity contribution is -0.134. The molecule has 0 aliphatic carbocycles. The van der Waals surface area contributed by atoms with Gasteiger partial charge in [0.2, 0.25) is 11.6 Å². The molecule has 1 aromatic heterocycles. The number of amides is 1. The topological polar surface area (TPSA) is 100 Å². The van der Waals surface area contributed by atoms with Crippen molar-refractivity contribution >= 4 is 11.7 Å². The number of aliphatic hydroxyl groups is 1. The fourth-order valence-corrected chi connectivity index (χ4v) is 5.73. The highest BCUT2D eigenvalue weighted by Gasteiger charge is 2.46. The minimum Gasteiger partial charge on any atom is -0.391 e. The number of hydroxylamine groups is 1. The zero-order chi connectivity index (χ0) is 28.8. The highest BCUT2D eigenvalue weighted by atomic mass is 19.1. The third-order valence-corrected chi connectivity index (χ3v) is 7.93. The molecule has 1 fully saturated rings. The third kappa shape index (κ3) is 5.04. The van der Waals surface area contributed by atoms with Gasteiger partial charge in [0.15, 0.2) is 5.76 Å². The number of aliphatic imine (C=N–C) groups is 1. The van der Waals surface area contributed by atoms with Crippen LogP contribution in [0.25, 0.3) is 11.1 Å². The minimum absolute atomic E-state index is 0.0505. The molecule has 0 saturated carbocycles. The summed E-state index contributed by atoms with van der Waals surface area (Å²) in [5.41, 5.74) is 5.65. The summed E-state index contributed by atoms with van der Waals surface area (Å²) in [7, 11) is 0. The number of hydrogen-bond donors (Lipinski definition) is 2. The third-order valence-electron chi connectivity index (χ3n) is 7.93. The minimum atomic E-state index is -1.06. The zero-order valence-corrected chi connectivity index (χ0v) is 23.8. The second kappa shape index (κ2) is 10.8. The molecule has 0 bridgehead atoms. The molecule has 2 aliphatic rings. The van der Waals surface area contributed by atoms with Gasteiger partial charge < -0.3 is 14.5 Å². The first kappa shape index (κ1) is 28.0. The average molecular weight is 549 g/mol. The quantitative estimate of drug-likeness (QED) is 0.409. The number of nitrogens with one attached hydrogen (secondary N) is 1. The SMILES string of the molecule is Cc1c(C(C)C)noc1[C@H](C(=O)N1C[C@H](O)C[C@H]1C1=NC(C)(c2ccc(-c3ccccc3F)cc2)ON1)C(C)C. The number of likely N-dealkylation sites (tertiary alicyclic amines) is 1. The van der Waals surface area contributed by atoms with Crippen molar-refractivity contribution in [3.63, 3.8) is 0 Å². The van der Waals surface area contributed by atoms with Gasteiger partial charge in [-0.25, -0.2) is 19.7 Å². The molecule has 3 heterocycles. The number of nitrogens with zero attached hydrogens (tertiary/aromatic N) is 3. The van der Waals surface area contributed by atoms with Crippen molar-refractivity contribution in [2.75, 3.05) is 6.54 Å². The van der Waals surface area contributed by atoms with E-state index < -0.39 is 23.8 Å². The van der Waals surface area contributed by atoms with E-state index in [1.54, 1.807) is 23.1 Å². The number of halogens is 1. The van der Waals surface area contributed by atoms with Crippen molar-refractivity contribution in [1.82, 2.24) is 15.5 Å². The van der Waals surface area contributed by atoms with Gasteiger partial charge in [0.25, 0.3) is 0 Å². The maximum absolute atomic E-state index is 14.3. The number of hydrogen-bond acceptors (Lipinski definition) is 7. The Bertz CT molecular complexity index is 1420. The lowest BCUT2D eigenvalue weighted by atomic mass is 9.88. The Morgan fingerprint density at radius 1 is 1.15 bits per heavy atom. The molecule has 2 N–H and O–H groups in total. The van der Waals surface area contributed by atoms with Gasteiger partial charge in [-0.05, 0) is 37.3 Å². The second-order valence-corrected chi connectivity index (χ2v) is 11.6. The first-order valence-electron chi connectivity index (χ1n) is 13.8. The zero-order valence-electron chi connectivity index (χ0n) is 23.8. The molecule has 1 amide bonds. The molecule has 2 aliphatic heterocycles. The van der Waals surface area contributed by atoms with E-state index in [2.05, 4.69) is 10.6 Å². The monoisotopic (exact) mass is 548 g/mol. The molecule has 9 heteroatoms. The molecular formula is C31H37FN4O4. The molecule has 5 rings (SSSR count). The van der Waals surface area contributed by atoms with E-state index >= 15 is 0 Å². The van der Waals surface area contributed by atoms with Crippen LogP contribution in [0.3, 0.4) is 0 Å². The van der Waals surface area contributed by atoms with E-state index in [9.17, 15) is 14.3 Å². The van der Waals surface area contributed by atoms with Crippen LogP contribution in [-0.4, -0.2) is 45.6 Å². The van der Waals surface area contributed by atoms with E-state index in [0.29, 0.717) is 23.6 Å². The van der Waals surface area contributed by atoms with Gasteiger partial charge in [-0.2, -0.15) is 0 Å². The summed E-state index contributed by atoms with van der Waals surface area (Å²) in [6.45, 7) is 12.0. The highest BCUT2D eigenvalue weighted by Crippen LogP contribution is 2.37. The largest absolute Gasteiger partial charge is 0.391 e. The van der Waals surface area contributed by atoms with Crippen LogP contribution in [0.5, 0.6) is 0 Å². The number of aliphatic hydroxyl groups excluding tert-OH is 1. The normalized spacial score (nSPS) is 23.6. The summed E-state index contributed by atoms with van der Waals surface area (Å²) in [6, 6.07) is 13.5. The molecule has 2 aromatic carbocycles. The summed E-state index contributed by atoms with van der Waals surface area (Å²) in [5, 5.41) is 14.9. The van der Waals surface area contributed by atoms with Crippen LogP contribution in [0.4, 0.5) is 4.39 Å². The van der Waals surface area contributed by atoms with E-state index in [-0.39, 0.29) is 30.1 Å². The number of β-amino-alcohol motifs (C(OH)–C–C–N with tert-alkyl or cyclic N) is 1. The van der Waals surface area contributed by atoms with Crippen molar-refractivity contribution < 1.29 is 23.7 Å². The van der Waals surface area contributed by atoms with Crippen molar-refractivity contribution in [3.05, 3.63) is 76.9 Å². The van der Waals surface area contributed by atoms with Crippen molar-refractivity contribution in [2.45, 2.75) is 77.7 Å². The van der Waals surface area contributed by atoms with Crippen LogP contribution >= 0.6 is 0 Å². The first-order valence-corrected chi connectivity index (χ1v) is 13.8. The van der Waals surface area contributed by atoms with Crippen molar-refractivity contribution in [2.24, 2.45) is 10.9 Å². The Labute approximate surface area is 234 Å². The fourth-order valence-electron chi connectivity index (χ4n) is 5.73. The standard InChI is InChI=1S/C31H37FN4O4/c1-17(2)26(28-19(5)27(18(3)4)34-39-28)30(38)36-16-22(37)15-25(36)29-33-31(6,40-35-29)21-13-11-20(12-14-21)23-9-7-8-10-24(23)32/h7-14,17-18,22,25-26,37H,15-16H2,1-6H3,(H,33,35)/t22-,25+,26-,31?/m1/s1. The maximum Gasteiger partial charge on any atom is 0.234 e. The van der Waals surface area contributed by atoms with Crippen LogP contribution in [0.2, 0.25) is 0 Å². The molecule has 3 aromatic rings. The van der Waals surface area contributed by atoms with Crippen LogP contribution in [0, 0.1) is 18.7 Å². The van der Waals surface area contributed by atoms with E-state index in [1.165, 1.54) is 6.07 Å². The second-order valence-electron chi connectivity index (χ2n) is 11.6. The Balaban J connectivity index is 1.41. The molecule has 0 radical (unpaired) electrons. The number of carbonyl (C=O) groups is 1. The van der Waals surface area contributed by atoms with Gasteiger partial charge in [-0.1, -0.05) is 75.3 Å². The number of rotatable bonds is 7. The molecule has 0 spiro atoms. The van der Waals surface area contributed by atoms with Gasteiger partial charge >= 0.3 is 0 Å². The lowest BCUT2D eigenvalue weighted by Gasteiger charge is -2.29. The average Bonchev–Trinajstić information content (AvgIpc) is 3.61. The van der Waals surface area contributed by atoms with E-state index in [4.69, 9.17) is 14.4 Å². The molecular weight excluding hydrogens is 511 g/mol. The van der Waals surface area contributed by atoms with Gasteiger partial charge in [0, 0.05) is 29.7 Å². The van der Waals surface area contributed by atoms with Gasteiger partial charge in [-0.15, -0.1) is 0 Å². The summed E-state index contributed by atoms with van der Waals surface area (Å²) in [4.78, 5) is 26.5. The van der Waals surface area contributed by atoms with Gasteiger partial charge in [0.05, 0.1) is 17.8 Å². The first-order chi connectivity index (χ1) is 19.0. The summed E-state index contributed by atoms with van der Waals surface area (Å²) < 4.78 is 20.0. The molecule has 4 atom stereocenters. The predicted molar refractivity (Wildman–Crippen MR) is 150 cm³/mol.